The number of nitrogens with zero attached hydrogens (tertiary/aromatic N) is 2. The summed E-state index contributed by atoms with van der Waals surface area (Å²) in [5.41, 5.74) is 0.694. The smallest absolute Gasteiger partial charge is 0.234 e. The maximum atomic E-state index is 14.1. The minimum atomic E-state index is -0.935. The van der Waals surface area contributed by atoms with Crippen molar-refractivity contribution in [1.29, 1.82) is 0 Å². The van der Waals surface area contributed by atoms with E-state index < -0.39 is 28.7 Å². The molecular formula is C13H10F2N2O2. The molecule has 0 N–H and O–H groups in total. The highest BCUT2D eigenvalue weighted by molar-refractivity contribution is 5.61. The molecule has 1 aromatic carbocycles. The van der Waals surface area contributed by atoms with Crippen molar-refractivity contribution in [3.05, 3.63) is 63.3 Å². The van der Waals surface area contributed by atoms with Gasteiger partial charge < -0.3 is 0 Å². The first-order chi connectivity index (χ1) is 8.99. The van der Waals surface area contributed by atoms with E-state index in [0.29, 0.717) is 5.69 Å². The number of hydrogen-bond donors (Lipinski definition) is 0. The van der Waals surface area contributed by atoms with Gasteiger partial charge in [0.15, 0.2) is 0 Å². The van der Waals surface area contributed by atoms with Gasteiger partial charge in [-0.3, -0.25) is 15.1 Å². The Morgan fingerprint density at radius 1 is 1.32 bits per heavy atom. The molecule has 0 amide bonds. The van der Waals surface area contributed by atoms with Crippen molar-refractivity contribution in [2.45, 2.75) is 13.5 Å². The molecule has 98 valence electrons. The Hall–Kier alpha value is -2.37. The van der Waals surface area contributed by atoms with Gasteiger partial charge in [-0.2, -0.15) is 0 Å². The summed E-state index contributed by atoms with van der Waals surface area (Å²) in [6.07, 6.45) is 1.50. The molecule has 1 aromatic heterocycles. The van der Waals surface area contributed by atoms with E-state index in [1.165, 1.54) is 12.3 Å². The van der Waals surface area contributed by atoms with E-state index in [1.807, 2.05) is 6.92 Å². The summed E-state index contributed by atoms with van der Waals surface area (Å²) in [5.74, 6) is -1.86. The fourth-order valence-corrected chi connectivity index (χ4v) is 1.75. The third-order valence-electron chi connectivity index (χ3n) is 2.66. The van der Waals surface area contributed by atoms with Gasteiger partial charge in [-0.15, -0.1) is 0 Å². The van der Waals surface area contributed by atoms with E-state index in [0.717, 1.165) is 11.6 Å². The molecule has 0 atom stereocenters. The van der Waals surface area contributed by atoms with E-state index in [9.17, 15) is 18.9 Å². The molecule has 0 fully saturated rings. The molecule has 0 radical (unpaired) electrons. The van der Waals surface area contributed by atoms with E-state index in [1.54, 1.807) is 12.1 Å². The fraction of sp³-hybridized carbons (Fsp3) is 0.154. The fourth-order valence-electron chi connectivity index (χ4n) is 1.75. The molecular weight excluding hydrogens is 254 g/mol. The van der Waals surface area contributed by atoms with Crippen LogP contribution in [-0.2, 0) is 6.54 Å². The topological polar surface area (TPSA) is 56.0 Å². The normalized spacial score (nSPS) is 10.5. The summed E-state index contributed by atoms with van der Waals surface area (Å²) in [6.45, 7) is 0.919. The molecule has 0 spiro atoms. The second-order valence-electron chi connectivity index (χ2n) is 4.10. The largest absolute Gasteiger partial charge is 0.264 e. The standard InChI is InChI=1S/C13H10F2N2O2/c1-8-4-5-16-12(6-8)9-2-3-11(14)10(13(9)15)7-17(18)19/h2-6H,7H2,1H3. The van der Waals surface area contributed by atoms with E-state index in [2.05, 4.69) is 4.98 Å². The van der Waals surface area contributed by atoms with Crippen molar-refractivity contribution < 1.29 is 13.7 Å². The van der Waals surface area contributed by atoms with E-state index >= 15 is 0 Å². The average Bonchev–Trinajstić information content (AvgIpc) is 2.34. The van der Waals surface area contributed by atoms with E-state index in [-0.39, 0.29) is 5.56 Å². The summed E-state index contributed by atoms with van der Waals surface area (Å²) in [5, 5.41) is 10.4. The molecule has 4 nitrogen and oxygen atoms in total. The Morgan fingerprint density at radius 2 is 2.05 bits per heavy atom. The zero-order valence-corrected chi connectivity index (χ0v) is 10.1. The Morgan fingerprint density at radius 3 is 2.68 bits per heavy atom. The number of rotatable bonds is 3. The number of halogens is 2. The predicted molar refractivity (Wildman–Crippen MR) is 65.0 cm³/mol. The second kappa shape index (κ2) is 5.09. The molecule has 0 aliphatic carbocycles. The lowest BCUT2D eigenvalue weighted by molar-refractivity contribution is -0.497. The molecule has 0 bridgehead atoms. The third-order valence-corrected chi connectivity index (χ3v) is 2.66. The number of hydrogen-bond acceptors (Lipinski definition) is 3. The highest BCUT2D eigenvalue weighted by Gasteiger charge is 2.19. The summed E-state index contributed by atoms with van der Waals surface area (Å²) >= 11 is 0. The molecule has 0 aliphatic rings. The Kier molecular flexibility index (Phi) is 3.50. The van der Waals surface area contributed by atoms with Gasteiger partial charge in [-0.1, -0.05) is 0 Å². The van der Waals surface area contributed by atoms with Gasteiger partial charge in [0.25, 0.3) is 0 Å². The van der Waals surface area contributed by atoms with Crippen LogP contribution in [0.2, 0.25) is 0 Å². The zero-order chi connectivity index (χ0) is 14.0. The number of nitro groups is 1. The summed E-state index contributed by atoms with van der Waals surface area (Å²) in [4.78, 5) is 13.7. The molecule has 0 unspecified atom stereocenters. The van der Waals surface area contributed by atoms with Crippen molar-refractivity contribution in [3.63, 3.8) is 0 Å². The zero-order valence-electron chi connectivity index (χ0n) is 10.1. The van der Waals surface area contributed by atoms with Gasteiger partial charge in [0.05, 0.1) is 11.3 Å². The maximum absolute atomic E-state index is 14.1. The quantitative estimate of drug-likeness (QED) is 0.632. The monoisotopic (exact) mass is 264 g/mol. The Bertz CT molecular complexity index is 645. The summed E-state index contributed by atoms with van der Waals surface area (Å²) in [7, 11) is 0. The molecule has 0 saturated heterocycles. The van der Waals surface area contributed by atoms with Crippen molar-refractivity contribution in [3.8, 4) is 11.3 Å². The predicted octanol–water partition coefficient (Wildman–Crippen LogP) is 3.11. The lowest BCUT2D eigenvalue weighted by Crippen LogP contribution is -2.05. The highest BCUT2D eigenvalue weighted by atomic mass is 19.1. The molecule has 2 rings (SSSR count). The molecule has 1 heterocycles. The lowest BCUT2D eigenvalue weighted by Gasteiger charge is -2.07. The van der Waals surface area contributed by atoms with Crippen LogP contribution >= 0.6 is 0 Å². The van der Waals surface area contributed by atoms with Crippen molar-refractivity contribution in [1.82, 2.24) is 4.98 Å². The van der Waals surface area contributed by atoms with Crippen molar-refractivity contribution in [2.24, 2.45) is 0 Å². The van der Waals surface area contributed by atoms with Crippen molar-refractivity contribution >= 4 is 0 Å². The van der Waals surface area contributed by atoms with Crippen LogP contribution < -0.4 is 0 Å². The van der Waals surface area contributed by atoms with Crippen LogP contribution in [-0.4, -0.2) is 9.91 Å². The van der Waals surface area contributed by atoms with Crippen molar-refractivity contribution in [2.75, 3.05) is 0 Å². The number of benzene rings is 1. The van der Waals surface area contributed by atoms with Crippen LogP contribution in [0.25, 0.3) is 11.3 Å². The van der Waals surface area contributed by atoms with Gasteiger partial charge in [0.1, 0.15) is 11.6 Å². The van der Waals surface area contributed by atoms with Crippen LogP contribution in [0.5, 0.6) is 0 Å². The van der Waals surface area contributed by atoms with Gasteiger partial charge >= 0.3 is 0 Å². The Labute approximate surface area is 107 Å². The van der Waals surface area contributed by atoms with Crippen LogP contribution in [0.15, 0.2) is 30.5 Å². The highest BCUT2D eigenvalue weighted by Crippen LogP contribution is 2.26. The first kappa shape index (κ1) is 13.1. The van der Waals surface area contributed by atoms with Gasteiger partial charge in [0.2, 0.25) is 6.54 Å². The summed E-state index contributed by atoms with van der Waals surface area (Å²) < 4.78 is 27.5. The lowest BCUT2D eigenvalue weighted by atomic mass is 10.0. The minimum absolute atomic E-state index is 0.0574. The first-order valence-corrected chi connectivity index (χ1v) is 5.50. The average molecular weight is 264 g/mol. The SMILES string of the molecule is Cc1ccnc(-c2ccc(F)c(C[N+](=O)[O-])c2F)c1. The minimum Gasteiger partial charge on any atom is -0.264 e. The van der Waals surface area contributed by atoms with Gasteiger partial charge in [-0.05, 0) is 36.8 Å². The molecule has 0 aliphatic heterocycles. The van der Waals surface area contributed by atoms with Gasteiger partial charge in [-0.25, -0.2) is 8.78 Å². The molecule has 2 aromatic rings. The number of aromatic nitrogens is 1. The van der Waals surface area contributed by atoms with Crippen LogP contribution in [0.1, 0.15) is 11.1 Å². The van der Waals surface area contributed by atoms with E-state index in [4.69, 9.17) is 0 Å². The first-order valence-electron chi connectivity index (χ1n) is 5.50. The van der Waals surface area contributed by atoms with Crippen LogP contribution in [0.3, 0.4) is 0 Å². The molecule has 6 heteroatoms. The second-order valence-corrected chi connectivity index (χ2v) is 4.10. The number of aryl methyl sites for hydroxylation is 1. The summed E-state index contributed by atoms with van der Waals surface area (Å²) in [6, 6.07) is 5.62. The van der Waals surface area contributed by atoms with Gasteiger partial charge in [0, 0.05) is 16.7 Å². The van der Waals surface area contributed by atoms with Crippen LogP contribution in [0, 0.1) is 28.7 Å². The Balaban J connectivity index is 2.56. The molecule has 0 saturated carbocycles. The maximum Gasteiger partial charge on any atom is 0.234 e. The van der Waals surface area contributed by atoms with Crippen LogP contribution in [0.4, 0.5) is 8.78 Å². The molecule has 19 heavy (non-hydrogen) atoms. The number of pyridine rings is 1. The third kappa shape index (κ3) is 2.73.